The van der Waals surface area contributed by atoms with Crippen LogP contribution in [-0.2, 0) is 12.8 Å². The molecule has 0 bridgehead atoms. The van der Waals surface area contributed by atoms with Crippen LogP contribution in [0.4, 0.5) is 0 Å². The fourth-order valence-electron chi connectivity index (χ4n) is 3.37. The molecule has 0 amide bonds. The van der Waals surface area contributed by atoms with Crippen LogP contribution in [0.15, 0.2) is 30.3 Å². The van der Waals surface area contributed by atoms with E-state index in [9.17, 15) is 0 Å². The van der Waals surface area contributed by atoms with Gasteiger partial charge in [-0.1, -0.05) is 85.7 Å². The molecule has 1 heteroatoms. The molecule has 2 aromatic rings. The van der Waals surface area contributed by atoms with Gasteiger partial charge in [-0.05, 0) is 132 Å². The first-order valence-electron chi connectivity index (χ1n) is 13.9. The van der Waals surface area contributed by atoms with E-state index in [4.69, 9.17) is 0 Å². The van der Waals surface area contributed by atoms with Crippen LogP contribution < -0.4 is 0 Å². The average Bonchev–Trinajstić information content (AvgIpc) is 2.68. The molecule has 2 rings (SSSR count). The van der Waals surface area contributed by atoms with Gasteiger partial charge in [0.05, 0.1) is 0 Å². The zero-order valence-corrected chi connectivity index (χ0v) is 27.7. The lowest BCUT2D eigenvalue weighted by Gasteiger charge is -2.27. The van der Waals surface area contributed by atoms with Gasteiger partial charge in [0.2, 0.25) is 0 Å². The van der Waals surface area contributed by atoms with E-state index in [-0.39, 0.29) is 0 Å². The van der Waals surface area contributed by atoms with Crippen molar-refractivity contribution in [1.29, 1.82) is 0 Å². The van der Waals surface area contributed by atoms with Crippen molar-refractivity contribution in [2.75, 3.05) is 14.1 Å². The second-order valence-electron chi connectivity index (χ2n) is 13.8. The molecule has 0 spiro atoms. The zero-order valence-electron chi connectivity index (χ0n) is 27.7. The monoisotopic (exact) mass is 497 g/mol. The summed E-state index contributed by atoms with van der Waals surface area (Å²) < 4.78 is 0. The smallest absolute Gasteiger partial charge is 0.0118 e. The van der Waals surface area contributed by atoms with E-state index in [0.29, 0.717) is 16.4 Å². The Bertz CT molecular complexity index is 857. The van der Waals surface area contributed by atoms with Gasteiger partial charge < -0.3 is 4.90 Å². The van der Waals surface area contributed by atoms with Crippen molar-refractivity contribution in [1.82, 2.24) is 4.90 Å². The van der Waals surface area contributed by atoms with E-state index in [2.05, 4.69) is 146 Å². The highest BCUT2D eigenvalue weighted by atomic mass is 15.1. The molecular weight excluding hydrogens is 434 g/mol. The van der Waals surface area contributed by atoms with Crippen LogP contribution in [-0.4, -0.2) is 24.5 Å². The lowest BCUT2D eigenvalue weighted by atomic mass is 9.86. The number of hydrogen-bond acceptors (Lipinski definition) is 1. The fourth-order valence-corrected chi connectivity index (χ4v) is 3.37. The predicted octanol–water partition coefficient (Wildman–Crippen LogP) is 10.5. The Morgan fingerprint density at radius 1 is 0.528 bits per heavy atom. The summed E-state index contributed by atoms with van der Waals surface area (Å²) in [6, 6.07) is 11.4. The Balaban J connectivity index is 0. The van der Waals surface area contributed by atoms with Gasteiger partial charge in [-0.25, -0.2) is 0 Å². The van der Waals surface area contributed by atoms with Crippen LogP contribution in [0.25, 0.3) is 0 Å². The first-order valence-corrected chi connectivity index (χ1v) is 13.9. The highest BCUT2D eigenvalue weighted by Crippen LogP contribution is 2.24. The van der Waals surface area contributed by atoms with Gasteiger partial charge in [0.25, 0.3) is 0 Å². The predicted molar refractivity (Wildman–Crippen MR) is 168 cm³/mol. The van der Waals surface area contributed by atoms with E-state index in [1.807, 2.05) is 13.8 Å². The van der Waals surface area contributed by atoms with Crippen LogP contribution >= 0.6 is 0 Å². The quantitative estimate of drug-likeness (QED) is 0.399. The summed E-state index contributed by atoms with van der Waals surface area (Å²) in [6.07, 6.45) is 2.32. The Kier molecular flexibility index (Phi) is 15.8. The maximum Gasteiger partial charge on any atom is 0.0118 e. The second kappa shape index (κ2) is 15.6. The normalized spacial score (nSPS) is 11.5. The molecule has 0 radical (unpaired) electrons. The molecule has 0 saturated carbocycles. The van der Waals surface area contributed by atoms with Crippen molar-refractivity contribution in [3.8, 4) is 0 Å². The lowest BCUT2D eigenvalue weighted by molar-refractivity contribution is 0.219. The van der Waals surface area contributed by atoms with Crippen molar-refractivity contribution in [2.45, 2.75) is 129 Å². The summed E-state index contributed by atoms with van der Waals surface area (Å²) >= 11 is 0. The van der Waals surface area contributed by atoms with E-state index in [1.54, 1.807) is 0 Å². The number of hydrogen-bond donors (Lipinski definition) is 0. The number of aryl methyl sites for hydroxylation is 4. The number of benzene rings is 2. The summed E-state index contributed by atoms with van der Waals surface area (Å²) in [5.41, 5.74) is 11.1. The van der Waals surface area contributed by atoms with Gasteiger partial charge in [-0.3, -0.25) is 0 Å². The van der Waals surface area contributed by atoms with E-state index >= 15 is 0 Å². The molecule has 1 nitrogen and oxygen atoms in total. The highest BCUT2D eigenvalue weighted by Gasteiger charge is 2.13. The maximum atomic E-state index is 2.33. The summed E-state index contributed by atoms with van der Waals surface area (Å²) in [6.45, 7) is 35.2. The molecule has 0 saturated heterocycles. The van der Waals surface area contributed by atoms with Gasteiger partial charge in [0, 0.05) is 5.54 Å². The van der Waals surface area contributed by atoms with Crippen molar-refractivity contribution in [3.05, 3.63) is 69.3 Å². The third-order valence-electron chi connectivity index (χ3n) is 6.37. The Morgan fingerprint density at radius 3 is 1.17 bits per heavy atom. The molecular formula is C35H63N. The molecule has 0 N–H and O–H groups in total. The molecule has 0 aliphatic heterocycles. The molecule has 0 aromatic heterocycles. The van der Waals surface area contributed by atoms with Gasteiger partial charge in [-0.15, -0.1) is 0 Å². The molecule has 0 aliphatic carbocycles. The Labute approximate surface area is 228 Å². The molecule has 2 aromatic carbocycles. The van der Waals surface area contributed by atoms with Crippen molar-refractivity contribution < 1.29 is 0 Å². The summed E-state index contributed by atoms with van der Waals surface area (Å²) in [7, 11) is 4.17. The maximum absolute atomic E-state index is 2.33. The molecule has 0 atom stereocenters. The Morgan fingerprint density at radius 2 is 0.861 bits per heavy atom. The van der Waals surface area contributed by atoms with Crippen molar-refractivity contribution in [3.63, 3.8) is 0 Å². The molecule has 0 fully saturated rings. The Hall–Kier alpha value is -1.60. The van der Waals surface area contributed by atoms with Crippen LogP contribution in [0.2, 0.25) is 0 Å². The van der Waals surface area contributed by atoms with Gasteiger partial charge in [0.15, 0.2) is 0 Å². The van der Waals surface area contributed by atoms with Crippen LogP contribution in [0, 0.1) is 45.4 Å². The first-order chi connectivity index (χ1) is 16.1. The summed E-state index contributed by atoms with van der Waals surface area (Å²) in [5.74, 6) is 0. The van der Waals surface area contributed by atoms with Gasteiger partial charge >= 0.3 is 0 Å². The van der Waals surface area contributed by atoms with Crippen LogP contribution in [0.1, 0.15) is 115 Å². The molecule has 0 heterocycles. The molecule has 0 aliphatic rings. The summed E-state index contributed by atoms with van der Waals surface area (Å²) in [5, 5.41) is 0. The SMILES string of the molecule is CC.CN(C)C(C)(C)C.Cc1cc(CC(C)(C)C)cc(C)c1C.Cc1ccc(CC(C)(C)C)cc1C. The zero-order chi connectivity index (χ0) is 29.1. The average molecular weight is 498 g/mol. The number of nitrogens with zero attached hydrogens (tertiary/aromatic N) is 1. The van der Waals surface area contributed by atoms with Crippen molar-refractivity contribution >= 4 is 0 Å². The van der Waals surface area contributed by atoms with E-state index < -0.39 is 0 Å². The minimum Gasteiger partial charge on any atom is -0.305 e. The topological polar surface area (TPSA) is 3.24 Å². The van der Waals surface area contributed by atoms with E-state index in [1.165, 1.54) is 38.9 Å². The van der Waals surface area contributed by atoms with Crippen LogP contribution in [0.5, 0.6) is 0 Å². The summed E-state index contributed by atoms with van der Waals surface area (Å²) in [4.78, 5) is 2.19. The van der Waals surface area contributed by atoms with Crippen molar-refractivity contribution in [2.24, 2.45) is 10.8 Å². The fraction of sp³-hybridized carbons (Fsp3) is 0.657. The first kappa shape index (κ1) is 36.6. The highest BCUT2D eigenvalue weighted by molar-refractivity contribution is 5.37. The third kappa shape index (κ3) is 17.0. The molecule has 0 unspecified atom stereocenters. The van der Waals surface area contributed by atoms with E-state index in [0.717, 1.165) is 12.8 Å². The number of rotatable bonds is 2. The standard InChI is InChI=1S/C14H22.C13H20.C6H15N.C2H6/c1-10-7-13(9-14(4,5)6)8-11(2)12(10)3;1-10-6-7-12(8-11(10)2)9-13(3,4)5;1-6(2,3)7(4)5;1-2/h7-8H,9H2,1-6H3;6-8H,9H2,1-5H3;1-5H3;1-2H3. The van der Waals surface area contributed by atoms with Crippen LogP contribution in [0.3, 0.4) is 0 Å². The molecule has 208 valence electrons. The minimum absolute atomic E-state index is 0.333. The minimum atomic E-state index is 0.333. The van der Waals surface area contributed by atoms with Gasteiger partial charge in [-0.2, -0.15) is 0 Å². The second-order valence-corrected chi connectivity index (χ2v) is 13.8. The largest absolute Gasteiger partial charge is 0.305 e. The third-order valence-corrected chi connectivity index (χ3v) is 6.37. The molecule has 36 heavy (non-hydrogen) atoms. The lowest BCUT2D eigenvalue weighted by Crippen LogP contribution is -2.34. The van der Waals surface area contributed by atoms with Gasteiger partial charge in [0.1, 0.15) is 0 Å².